The number of hydrogen-bond acceptors (Lipinski definition) is 6. The van der Waals surface area contributed by atoms with E-state index >= 15 is 0 Å². The van der Waals surface area contributed by atoms with E-state index in [1.165, 1.54) is 17.8 Å². The van der Waals surface area contributed by atoms with Gasteiger partial charge in [-0.15, -0.1) is 0 Å². The lowest BCUT2D eigenvalue weighted by Crippen LogP contribution is -2.16. The van der Waals surface area contributed by atoms with Crippen molar-refractivity contribution in [3.05, 3.63) is 32.2 Å². The average Bonchev–Trinajstić information content (AvgIpc) is 2.92. The van der Waals surface area contributed by atoms with Crippen LogP contribution in [0, 0.1) is 24.0 Å². The Bertz CT molecular complexity index is 823. The van der Waals surface area contributed by atoms with Gasteiger partial charge in [0.1, 0.15) is 9.37 Å². The van der Waals surface area contributed by atoms with Crippen LogP contribution in [0.4, 0.5) is 5.82 Å². The molecule has 2 aromatic rings. The van der Waals surface area contributed by atoms with Crippen molar-refractivity contribution in [3.8, 4) is 0 Å². The summed E-state index contributed by atoms with van der Waals surface area (Å²) in [5.41, 5.74) is 0.441. The lowest BCUT2D eigenvalue weighted by atomic mass is 10.5. The minimum atomic E-state index is -4.04. The van der Waals surface area contributed by atoms with Crippen molar-refractivity contribution in [1.29, 1.82) is 0 Å². The third-order valence-electron chi connectivity index (χ3n) is 2.89. The molecule has 0 aliphatic carbocycles. The van der Waals surface area contributed by atoms with E-state index in [-0.39, 0.29) is 15.1 Å². The highest BCUT2D eigenvalue weighted by Gasteiger charge is 2.33. The van der Waals surface area contributed by atoms with Crippen LogP contribution in [0.3, 0.4) is 0 Å². The molecule has 114 valence electrons. The number of hydrogen-bond donors (Lipinski definition) is 0. The second-order valence-corrected chi connectivity index (χ2v) is 6.79. The van der Waals surface area contributed by atoms with Gasteiger partial charge in [-0.3, -0.25) is 4.68 Å². The van der Waals surface area contributed by atoms with Gasteiger partial charge in [-0.05, 0) is 41.6 Å². The molecule has 2 heterocycles. The van der Waals surface area contributed by atoms with Crippen molar-refractivity contribution >= 4 is 31.8 Å². The van der Waals surface area contributed by atoms with Gasteiger partial charge in [0.2, 0.25) is 0 Å². The van der Waals surface area contributed by atoms with Crippen LogP contribution in [0.15, 0.2) is 15.6 Å². The van der Waals surface area contributed by atoms with Gasteiger partial charge in [-0.1, -0.05) is 4.09 Å². The Kier molecular flexibility index (Phi) is 3.89. The molecule has 0 saturated heterocycles. The largest absolute Gasteiger partial charge is 0.405 e. The topological polar surface area (TPSA) is 113 Å². The predicted octanol–water partition coefficient (Wildman–Crippen LogP) is 1.62. The summed E-state index contributed by atoms with van der Waals surface area (Å²) in [6.07, 6.45) is 1.38. The lowest BCUT2D eigenvalue weighted by Gasteiger charge is -2.00. The first-order valence-corrected chi connectivity index (χ1v) is 8.12. The molecule has 0 saturated carbocycles. The van der Waals surface area contributed by atoms with Crippen LogP contribution in [0.1, 0.15) is 18.3 Å². The molecule has 0 unspecified atom stereocenters. The molecule has 0 radical (unpaired) electrons. The zero-order valence-electron chi connectivity index (χ0n) is 11.4. The van der Waals surface area contributed by atoms with Crippen molar-refractivity contribution < 1.29 is 13.3 Å². The number of aromatic nitrogens is 4. The summed E-state index contributed by atoms with van der Waals surface area (Å²) in [4.78, 5) is 10.1. The maximum absolute atomic E-state index is 12.6. The monoisotopic (exact) mass is 377 g/mol. The van der Waals surface area contributed by atoms with E-state index in [2.05, 4.69) is 26.1 Å². The van der Waals surface area contributed by atoms with Crippen LogP contribution < -0.4 is 0 Å². The van der Waals surface area contributed by atoms with Gasteiger partial charge in [0.25, 0.3) is 0 Å². The molecular formula is C10H12BrN5O4S. The summed E-state index contributed by atoms with van der Waals surface area (Å²) in [5.74, 6) is -0.545. The Morgan fingerprint density at radius 3 is 2.43 bits per heavy atom. The first kappa shape index (κ1) is 15.6. The van der Waals surface area contributed by atoms with Crippen LogP contribution in [-0.2, 0) is 16.6 Å². The average molecular weight is 378 g/mol. The molecule has 0 fully saturated rings. The standard InChI is InChI=1S/C10H12BrN5O4S/c1-4-14-5-8(6(2)12-14)21(19,20)15-7(3)9(11)10(13-15)16(17)18/h5H,4H2,1-3H3. The van der Waals surface area contributed by atoms with Gasteiger partial charge in [-0.2, -0.15) is 13.5 Å². The third kappa shape index (κ3) is 2.46. The molecule has 0 aromatic carbocycles. The van der Waals surface area contributed by atoms with Crippen molar-refractivity contribution in [2.45, 2.75) is 32.2 Å². The summed E-state index contributed by atoms with van der Waals surface area (Å²) in [5, 5.41) is 18.5. The first-order valence-electron chi connectivity index (χ1n) is 5.89. The van der Waals surface area contributed by atoms with Crippen LogP contribution in [0.2, 0.25) is 0 Å². The summed E-state index contributed by atoms with van der Waals surface area (Å²) in [7, 11) is -4.04. The molecule has 2 aromatic heterocycles. The zero-order valence-corrected chi connectivity index (χ0v) is 13.8. The Labute approximate surface area is 128 Å². The van der Waals surface area contributed by atoms with Crippen LogP contribution in [0.25, 0.3) is 0 Å². The van der Waals surface area contributed by atoms with Crippen LogP contribution >= 0.6 is 15.9 Å². The predicted molar refractivity (Wildman–Crippen MR) is 76.5 cm³/mol. The molecule has 2 rings (SSSR count). The molecule has 0 atom stereocenters. The fourth-order valence-corrected chi connectivity index (χ4v) is 3.81. The minimum Gasteiger partial charge on any atom is -0.358 e. The van der Waals surface area contributed by atoms with E-state index in [1.807, 2.05) is 6.92 Å². The summed E-state index contributed by atoms with van der Waals surface area (Å²) in [6.45, 7) is 5.32. The normalized spacial score (nSPS) is 11.8. The Balaban J connectivity index is 2.67. The highest BCUT2D eigenvalue weighted by atomic mass is 79.9. The Morgan fingerprint density at radius 1 is 1.38 bits per heavy atom. The quantitative estimate of drug-likeness (QED) is 0.590. The number of rotatable bonds is 4. The van der Waals surface area contributed by atoms with E-state index in [9.17, 15) is 18.5 Å². The molecule has 0 amide bonds. The van der Waals surface area contributed by atoms with Crippen molar-refractivity contribution in [3.63, 3.8) is 0 Å². The molecule has 21 heavy (non-hydrogen) atoms. The minimum absolute atomic E-state index is 0.0302. The molecule has 0 aliphatic heterocycles. The van der Waals surface area contributed by atoms with Crippen LogP contribution in [0.5, 0.6) is 0 Å². The van der Waals surface area contributed by atoms with Gasteiger partial charge < -0.3 is 10.1 Å². The number of nitro groups is 1. The second-order valence-electron chi connectivity index (χ2n) is 4.26. The van der Waals surface area contributed by atoms with Gasteiger partial charge in [0.15, 0.2) is 0 Å². The fourth-order valence-electron chi connectivity index (χ4n) is 1.81. The molecule has 0 aliphatic rings. The van der Waals surface area contributed by atoms with E-state index in [0.717, 1.165) is 0 Å². The molecule has 9 nitrogen and oxygen atoms in total. The number of nitrogens with zero attached hydrogens (tertiary/aromatic N) is 5. The number of halogens is 1. The van der Waals surface area contributed by atoms with Gasteiger partial charge in [-0.25, -0.2) is 0 Å². The smallest absolute Gasteiger partial charge is 0.358 e. The second kappa shape index (κ2) is 5.22. The van der Waals surface area contributed by atoms with E-state index in [0.29, 0.717) is 16.3 Å². The molecular weight excluding hydrogens is 366 g/mol. The summed E-state index contributed by atoms with van der Waals surface area (Å²) >= 11 is 2.99. The summed E-state index contributed by atoms with van der Waals surface area (Å²) < 4.78 is 27.4. The summed E-state index contributed by atoms with van der Waals surface area (Å²) in [6, 6.07) is 0. The fraction of sp³-hybridized carbons (Fsp3) is 0.400. The first-order chi connectivity index (χ1) is 9.70. The number of aryl methyl sites for hydroxylation is 2. The highest BCUT2D eigenvalue weighted by molar-refractivity contribution is 9.10. The van der Waals surface area contributed by atoms with E-state index in [4.69, 9.17) is 0 Å². The van der Waals surface area contributed by atoms with Gasteiger partial charge in [0, 0.05) is 12.7 Å². The highest BCUT2D eigenvalue weighted by Crippen LogP contribution is 2.30. The van der Waals surface area contributed by atoms with Gasteiger partial charge in [0.05, 0.1) is 16.5 Å². The van der Waals surface area contributed by atoms with Crippen molar-refractivity contribution in [2.75, 3.05) is 0 Å². The van der Waals surface area contributed by atoms with Crippen molar-refractivity contribution in [1.82, 2.24) is 19.0 Å². The van der Waals surface area contributed by atoms with Crippen molar-refractivity contribution in [2.24, 2.45) is 0 Å². The lowest BCUT2D eigenvalue weighted by molar-refractivity contribution is -0.390. The van der Waals surface area contributed by atoms with E-state index in [1.54, 1.807) is 6.92 Å². The van der Waals surface area contributed by atoms with E-state index < -0.39 is 20.8 Å². The van der Waals surface area contributed by atoms with Crippen LogP contribution in [-0.4, -0.2) is 32.3 Å². The Morgan fingerprint density at radius 2 is 2.00 bits per heavy atom. The maximum Gasteiger partial charge on any atom is 0.405 e. The Hall–Kier alpha value is -1.75. The third-order valence-corrected chi connectivity index (χ3v) is 5.59. The molecule has 0 spiro atoms. The molecule has 0 bridgehead atoms. The maximum atomic E-state index is 12.6. The van der Waals surface area contributed by atoms with Gasteiger partial charge >= 0.3 is 15.8 Å². The molecule has 11 heteroatoms. The SMILES string of the molecule is CCn1cc(S(=O)(=O)n2nc([N+](=O)[O-])c(Br)c2C)c(C)n1. The molecule has 0 N–H and O–H groups in total. The zero-order chi connectivity index (χ0) is 15.9.